The topological polar surface area (TPSA) is 107 Å². The number of methoxy groups -OCH3 is 1. The minimum atomic E-state index is -0.664. The van der Waals surface area contributed by atoms with Gasteiger partial charge in [-0.1, -0.05) is 0 Å². The molecule has 0 amide bonds. The maximum absolute atomic E-state index is 11.2. The number of carbonyl (C=O) groups excluding carboxylic acids is 1. The number of aromatic nitrogens is 2. The fraction of sp³-hybridized carbons (Fsp3) is 0.375. The smallest absolute Gasteiger partial charge is 0.328 e. The number of aromatic amines is 1. The standard InChI is InChI=1S/C8H11N3O4/c1-15-6(12)4-11-3-5(2-9)7(13)10-8(11)14/h3H,2,4,9H2,1H3,(H,10,13,14). The second kappa shape index (κ2) is 4.56. The number of hydrogen-bond acceptors (Lipinski definition) is 5. The van der Waals surface area contributed by atoms with Crippen LogP contribution in [-0.2, 0) is 22.6 Å². The number of carbonyl (C=O) groups is 1. The lowest BCUT2D eigenvalue weighted by Crippen LogP contribution is -2.34. The zero-order valence-corrected chi connectivity index (χ0v) is 8.15. The Morgan fingerprint density at radius 1 is 1.60 bits per heavy atom. The van der Waals surface area contributed by atoms with Gasteiger partial charge in [-0.3, -0.25) is 19.1 Å². The molecule has 0 aliphatic carbocycles. The summed E-state index contributed by atoms with van der Waals surface area (Å²) < 4.78 is 5.43. The van der Waals surface area contributed by atoms with Crippen molar-refractivity contribution >= 4 is 5.97 Å². The quantitative estimate of drug-likeness (QED) is 0.574. The highest BCUT2D eigenvalue weighted by molar-refractivity contribution is 5.68. The van der Waals surface area contributed by atoms with E-state index in [2.05, 4.69) is 9.72 Å². The molecular formula is C8H11N3O4. The molecule has 15 heavy (non-hydrogen) atoms. The Hall–Kier alpha value is -1.89. The van der Waals surface area contributed by atoms with E-state index in [0.29, 0.717) is 0 Å². The van der Waals surface area contributed by atoms with Gasteiger partial charge in [0, 0.05) is 18.3 Å². The van der Waals surface area contributed by atoms with Gasteiger partial charge in [0.2, 0.25) is 0 Å². The van der Waals surface area contributed by atoms with Crippen LogP contribution in [0.15, 0.2) is 15.8 Å². The molecule has 1 aromatic heterocycles. The van der Waals surface area contributed by atoms with Crippen LogP contribution in [-0.4, -0.2) is 22.6 Å². The van der Waals surface area contributed by atoms with Gasteiger partial charge in [-0.05, 0) is 0 Å². The predicted molar refractivity (Wildman–Crippen MR) is 51.2 cm³/mol. The first-order valence-electron chi connectivity index (χ1n) is 4.18. The number of ether oxygens (including phenoxy) is 1. The fourth-order valence-corrected chi connectivity index (χ4v) is 1.02. The SMILES string of the molecule is COC(=O)Cn1cc(CN)c(=O)[nH]c1=O. The Morgan fingerprint density at radius 3 is 2.80 bits per heavy atom. The number of H-pyrrole nitrogens is 1. The number of nitrogens with one attached hydrogen (secondary N) is 1. The van der Waals surface area contributed by atoms with Crippen LogP contribution in [0.25, 0.3) is 0 Å². The Kier molecular flexibility index (Phi) is 3.40. The van der Waals surface area contributed by atoms with Gasteiger partial charge in [-0.15, -0.1) is 0 Å². The summed E-state index contributed by atoms with van der Waals surface area (Å²) in [7, 11) is 1.21. The van der Waals surface area contributed by atoms with Gasteiger partial charge in [-0.25, -0.2) is 4.79 Å². The normalized spacial score (nSPS) is 10.0. The third kappa shape index (κ3) is 2.53. The van der Waals surface area contributed by atoms with Crippen LogP contribution < -0.4 is 17.0 Å². The molecule has 0 unspecified atom stereocenters. The summed E-state index contributed by atoms with van der Waals surface area (Å²) in [5.41, 5.74) is 4.31. The van der Waals surface area contributed by atoms with Gasteiger partial charge in [-0.2, -0.15) is 0 Å². The molecular weight excluding hydrogens is 202 g/mol. The largest absolute Gasteiger partial charge is 0.468 e. The van der Waals surface area contributed by atoms with Gasteiger partial charge in [0.15, 0.2) is 0 Å². The lowest BCUT2D eigenvalue weighted by atomic mass is 10.3. The van der Waals surface area contributed by atoms with Gasteiger partial charge in [0.25, 0.3) is 5.56 Å². The van der Waals surface area contributed by atoms with E-state index in [0.717, 1.165) is 4.57 Å². The van der Waals surface area contributed by atoms with E-state index in [-0.39, 0.29) is 18.7 Å². The van der Waals surface area contributed by atoms with Crippen LogP contribution >= 0.6 is 0 Å². The van der Waals surface area contributed by atoms with Crippen LogP contribution in [0.1, 0.15) is 5.56 Å². The summed E-state index contributed by atoms with van der Waals surface area (Å²) in [6.45, 7) is -0.254. The summed E-state index contributed by atoms with van der Waals surface area (Å²) in [6, 6.07) is 0. The van der Waals surface area contributed by atoms with Gasteiger partial charge in [0.05, 0.1) is 7.11 Å². The highest BCUT2D eigenvalue weighted by Crippen LogP contribution is 1.87. The lowest BCUT2D eigenvalue weighted by Gasteiger charge is -2.04. The average molecular weight is 213 g/mol. The molecule has 0 radical (unpaired) electrons. The summed E-state index contributed by atoms with van der Waals surface area (Å²) in [5.74, 6) is -0.577. The minimum Gasteiger partial charge on any atom is -0.468 e. The molecule has 82 valence electrons. The molecule has 1 rings (SSSR count). The molecule has 7 nitrogen and oxygen atoms in total. The third-order valence-corrected chi connectivity index (χ3v) is 1.83. The van der Waals surface area contributed by atoms with E-state index in [4.69, 9.17) is 5.73 Å². The van der Waals surface area contributed by atoms with Crippen LogP contribution in [0.2, 0.25) is 0 Å². The molecule has 0 spiro atoms. The van der Waals surface area contributed by atoms with Crippen LogP contribution in [0, 0.1) is 0 Å². The number of esters is 1. The highest BCUT2D eigenvalue weighted by atomic mass is 16.5. The molecule has 0 aromatic carbocycles. The number of nitrogens with zero attached hydrogens (tertiary/aromatic N) is 1. The van der Waals surface area contributed by atoms with Crippen molar-refractivity contribution in [1.29, 1.82) is 0 Å². The summed E-state index contributed by atoms with van der Waals surface area (Å²) in [5, 5.41) is 0. The number of rotatable bonds is 3. The van der Waals surface area contributed by atoms with Gasteiger partial charge >= 0.3 is 11.7 Å². The Balaban J connectivity index is 3.14. The molecule has 3 N–H and O–H groups in total. The second-order valence-electron chi connectivity index (χ2n) is 2.82. The van der Waals surface area contributed by atoms with E-state index < -0.39 is 17.2 Å². The van der Waals surface area contributed by atoms with Crippen molar-refractivity contribution in [1.82, 2.24) is 9.55 Å². The Labute approximate surface area is 84.5 Å². The molecule has 0 saturated carbocycles. The second-order valence-corrected chi connectivity index (χ2v) is 2.82. The van der Waals surface area contributed by atoms with E-state index in [1.807, 2.05) is 0 Å². The first kappa shape index (κ1) is 11.2. The van der Waals surface area contributed by atoms with E-state index in [1.54, 1.807) is 0 Å². The monoisotopic (exact) mass is 213 g/mol. The lowest BCUT2D eigenvalue weighted by molar-refractivity contribution is -0.141. The van der Waals surface area contributed by atoms with Crippen LogP contribution in [0.3, 0.4) is 0 Å². The van der Waals surface area contributed by atoms with Crippen molar-refractivity contribution < 1.29 is 9.53 Å². The highest BCUT2D eigenvalue weighted by Gasteiger charge is 2.07. The zero-order valence-electron chi connectivity index (χ0n) is 8.15. The van der Waals surface area contributed by atoms with E-state index in [9.17, 15) is 14.4 Å². The van der Waals surface area contributed by atoms with Crippen molar-refractivity contribution in [2.24, 2.45) is 5.73 Å². The maximum Gasteiger partial charge on any atom is 0.328 e. The predicted octanol–water partition coefficient (Wildman–Crippen LogP) is -1.83. The van der Waals surface area contributed by atoms with Crippen molar-refractivity contribution in [3.8, 4) is 0 Å². The zero-order chi connectivity index (χ0) is 11.4. The Bertz CT molecular complexity index is 474. The van der Waals surface area contributed by atoms with Crippen LogP contribution in [0.5, 0.6) is 0 Å². The first-order chi connectivity index (χ1) is 7.08. The molecule has 7 heteroatoms. The molecule has 0 aliphatic heterocycles. The summed E-state index contributed by atoms with van der Waals surface area (Å²) >= 11 is 0. The molecule has 1 heterocycles. The van der Waals surface area contributed by atoms with Crippen molar-refractivity contribution in [2.75, 3.05) is 7.11 Å². The third-order valence-electron chi connectivity index (χ3n) is 1.83. The van der Waals surface area contributed by atoms with Crippen molar-refractivity contribution in [2.45, 2.75) is 13.1 Å². The summed E-state index contributed by atoms with van der Waals surface area (Å²) in [6.07, 6.45) is 1.25. The van der Waals surface area contributed by atoms with Crippen molar-refractivity contribution in [3.63, 3.8) is 0 Å². The summed E-state index contributed by atoms with van der Waals surface area (Å²) in [4.78, 5) is 35.3. The molecule has 0 fully saturated rings. The van der Waals surface area contributed by atoms with E-state index >= 15 is 0 Å². The molecule has 0 atom stereocenters. The molecule has 1 aromatic rings. The molecule has 0 saturated heterocycles. The van der Waals surface area contributed by atoms with Crippen LogP contribution in [0.4, 0.5) is 0 Å². The number of nitrogens with two attached hydrogens (primary N) is 1. The first-order valence-corrected chi connectivity index (χ1v) is 4.18. The minimum absolute atomic E-state index is 0.00319. The Morgan fingerprint density at radius 2 is 2.27 bits per heavy atom. The maximum atomic E-state index is 11.2. The average Bonchev–Trinajstić information content (AvgIpc) is 2.21. The van der Waals surface area contributed by atoms with Gasteiger partial charge < -0.3 is 10.5 Å². The van der Waals surface area contributed by atoms with E-state index in [1.165, 1.54) is 13.3 Å². The number of hydrogen-bond donors (Lipinski definition) is 2. The molecule has 0 aliphatic rings. The molecule has 0 bridgehead atoms. The van der Waals surface area contributed by atoms with Gasteiger partial charge in [0.1, 0.15) is 6.54 Å². The fourth-order valence-electron chi connectivity index (χ4n) is 1.02. The van der Waals surface area contributed by atoms with Crippen molar-refractivity contribution in [3.05, 3.63) is 32.6 Å².